The highest BCUT2D eigenvalue weighted by Crippen LogP contribution is 2.66. The second-order valence-corrected chi connectivity index (χ2v) is 8.94. The monoisotopic (exact) mass is 346 g/mol. The Hall–Kier alpha value is -1.29. The number of hydrogen-bond acceptors (Lipinski definition) is 4. The van der Waals surface area contributed by atoms with Crippen LogP contribution < -0.4 is 0 Å². The molecule has 1 aromatic heterocycles. The Balaban J connectivity index is 1.63. The van der Waals surface area contributed by atoms with Crippen molar-refractivity contribution < 1.29 is 18.7 Å². The summed E-state index contributed by atoms with van der Waals surface area (Å²) in [5, 5.41) is 0. The number of aryl methyl sites for hydroxylation is 1. The molecule has 3 aliphatic rings. The first-order valence-electron chi connectivity index (χ1n) is 9.68. The SMILES string of the molecule is COC(=O)[C@@]1(C)CCC[C@@]2(C)[C@H](CCc3ccoc3)[C@]3(CC[C@@H]21)CO3. The van der Waals surface area contributed by atoms with E-state index in [-0.39, 0.29) is 22.4 Å². The molecule has 0 bridgehead atoms. The molecule has 2 aliphatic carbocycles. The van der Waals surface area contributed by atoms with Crippen LogP contribution in [-0.4, -0.2) is 25.3 Å². The van der Waals surface area contributed by atoms with Crippen molar-refractivity contribution in [1.82, 2.24) is 0 Å². The van der Waals surface area contributed by atoms with Crippen molar-refractivity contribution in [2.45, 2.75) is 64.4 Å². The quantitative estimate of drug-likeness (QED) is 0.600. The van der Waals surface area contributed by atoms with Crippen molar-refractivity contribution >= 4 is 5.97 Å². The molecular weight excluding hydrogens is 316 g/mol. The fraction of sp³-hybridized carbons (Fsp3) is 0.762. The molecule has 4 heteroatoms. The van der Waals surface area contributed by atoms with Gasteiger partial charge in [0.2, 0.25) is 0 Å². The summed E-state index contributed by atoms with van der Waals surface area (Å²) in [4.78, 5) is 12.6. The highest BCUT2D eigenvalue weighted by molar-refractivity contribution is 5.77. The molecule has 1 spiro atoms. The third kappa shape index (κ3) is 2.56. The molecule has 0 aromatic carbocycles. The zero-order chi connectivity index (χ0) is 17.7. The van der Waals surface area contributed by atoms with Gasteiger partial charge in [0.15, 0.2) is 0 Å². The average molecular weight is 346 g/mol. The summed E-state index contributed by atoms with van der Waals surface area (Å²) in [7, 11) is 1.53. The largest absolute Gasteiger partial charge is 0.472 e. The van der Waals surface area contributed by atoms with Gasteiger partial charge in [-0.05, 0) is 74.3 Å². The van der Waals surface area contributed by atoms with E-state index in [1.807, 2.05) is 6.26 Å². The number of methoxy groups -OCH3 is 1. The van der Waals surface area contributed by atoms with Gasteiger partial charge in [0.25, 0.3) is 0 Å². The van der Waals surface area contributed by atoms with E-state index in [1.54, 1.807) is 6.26 Å². The molecule has 2 heterocycles. The highest BCUT2D eigenvalue weighted by atomic mass is 16.6. The highest BCUT2D eigenvalue weighted by Gasteiger charge is 2.66. The Morgan fingerprint density at radius 1 is 1.32 bits per heavy atom. The fourth-order valence-corrected chi connectivity index (χ4v) is 6.40. The Labute approximate surface area is 150 Å². The summed E-state index contributed by atoms with van der Waals surface area (Å²) >= 11 is 0. The maximum atomic E-state index is 12.6. The number of ether oxygens (including phenoxy) is 2. The molecule has 3 fully saturated rings. The number of fused-ring (bicyclic) bond motifs is 1. The second kappa shape index (κ2) is 5.87. The lowest BCUT2D eigenvalue weighted by Gasteiger charge is -2.58. The third-order valence-corrected chi connectivity index (χ3v) is 7.73. The van der Waals surface area contributed by atoms with Crippen molar-refractivity contribution in [1.29, 1.82) is 0 Å². The molecular formula is C21H30O4. The lowest BCUT2D eigenvalue weighted by Crippen LogP contribution is -2.57. The molecule has 138 valence electrons. The molecule has 1 aromatic rings. The first-order chi connectivity index (χ1) is 11.9. The number of carbonyl (C=O) groups is 1. The van der Waals surface area contributed by atoms with Crippen LogP contribution in [0.5, 0.6) is 0 Å². The number of epoxide rings is 1. The number of rotatable bonds is 4. The van der Waals surface area contributed by atoms with Crippen LogP contribution in [0, 0.1) is 22.7 Å². The van der Waals surface area contributed by atoms with Crippen LogP contribution in [0.25, 0.3) is 0 Å². The van der Waals surface area contributed by atoms with Crippen molar-refractivity contribution in [3.8, 4) is 0 Å². The van der Waals surface area contributed by atoms with Crippen molar-refractivity contribution in [3.05, 3.63) is 24.2 Å². The zero-order valence-electron chi connectivity index (χ0n) is 15.7. The minimum atomic E-state index is -0.355. The van der Waals surface area contributed by atoms with Gasteiger partial charge in [-0.1, -0.05) is 13.3 Å². The summed E-state index contributed by atoms with van der Waals surface area (Å²) in [6.07, 6.45) is 11.1. The third-order valence-electron chi connectivity index (χ3n) is 7.73. The van der Waals surface area contributed by atoms with Crippen LogP contribution in [-0.2, 0) is 20.7 Å². The van der Waals surface area contributed by atoms with Crippen LogP contribution in [0.3, 0.4) is 0 Å². The topological polar surface area (TPSA) is 52.0 Å². The number of esters is 1. The van der Waals surface area contributed by atoms with Gasteiger partial charge < -0.3 is 13.9 Å². The smallest absolute Gasteiger partial charge is 0.311 e. The van der Waals surface area contributed by atoms with Gasteiger partial charge in [-0.3, -0.25) is 4.79 Å². The molecule has 0 N–H and O–H groups in total. The molecule has 2 saturated carbocycles. The van der Waals surface area contributed by atoms with E-state index in [4.69, 9.17) is 13.9 Å². The summed E-state index contributed by atoms with van der Waals surface area (Å²) < 4.78 is 16.5. The number of carbonyl (C=O) groups excluding carboxylic acids is 1. The Morgan fingerprint density at radius 2 is 2.12 bits per heavy atom. The maximum Gasteiger partial charge on any atom is 0.311 e. The van der Waals surface area contributed by atoms with Crippen LogP contribution >= 0.6 is 0 Å². The minimum absolute atomic E-state index is 0.0234. The fourth-order valence-electron chi connectivity index (χ4n) is 6.40. The lowest BCUT2D eigenvalue weighted by molar-refractivity contribution is -0.174. The molecule has 0 radical (unpaired) electrons. The van der Waals surface area contributed by atoms with Gasteiger partial charge in [-0.25, -0.2) is 0 Å². The van der Waals surface area contributed by atoms with E-state index in [0.717, 1.165) is 45.1 Å². The van der Waals surface area contributed by atoms with Gasteiger partial charge in [-0.2, -0.15) is 0 Å². The van der Waals surface area contributed by atoms with Crippen molar-refractivity contribution in [2.24, 2.45) is 22.7 Å². The Morgan fingerprint density at radius 3 is 2.76 bits per heavy atom. The minimum Gasteiger partial charge on any atom is -0.472 e. The van der Waals surface area contributed by atoms with Crippen LogP contribution in [0.4, 0.5) is 0 Å². The Kier molecular flexibility index (Phi) is 4.02. The molecule has 0 unspecified atom stereocenters. The molecule has 0 amide bonds. The van der Waals surface area contributed by atoms with E-state index in [9.17, 15) is 4.79 Å². The summed E-state index contributed by atoms with van der Waals surface area (Å²) in [5.74, 6) is 0.855. The first kappa shape index (κ1) is 17.1. The maximum absolute atomic E-state index is 12.6. The van der Waals surface area contributed by atoms with Crippen LogP contribution in [0.15, 0.2) is 23.0 Å². The number of hydrogen-bond donors (Lipinski definition) is 0. The van der Waals surface area contributed by atoms with Gasteiger partial charge in [0, 0.05) is 0 Å². The van der Waals surface area contributed by atoms with Gasteiger partial charge >= 0.3 is 5.97 Å². The van der Waals surface area contributed by atoms with Crippen LogP contribution in [0.1, 0.15) is 57.9 Å². The summed E-state index contributed by atoms with van der Waals surface area (Å²) in [6, 6.07) is 2.06. The average Bonchev–Trinajstić information content (AvgIpc) is 3.16. The van der Waals surface area contributed by atoms with Crippen molar-refractivity contribution in [3.63, 3.8) is 0 Å². The molecule has 5 atom stereocenters. The molecule has 1 aliphatic heterocycles. The van der Waals surface area contributed by atoms with E-state index >= 15 is 0 Å². The molecule has 4 nitrogen and oxygen atoms in total. The Bertz CT molecular complexity index is 632. The van der Waals surface area contributed by atoms with Crippen LogP contribution in [0.2, 0.25) is 0 Å². The van der Waals surface area contributed by atoms with Gasteiger partial charge in [0.1, 0.15) is 0 Å². The molecule has 1 saturated heterocycles. The van der Waals surface area contributed by atoms with Gasteiger partial charge in [0.05, 0.1) is 37.3 Å². The van der Waals surface area contributed by atoms with Crippen molar-refractivity contribution in [2.75, 3.05) is 13.7 Å². The normalized spacial score (nSPS) is 42.8. The number of furan rings is 1. The van der Waals surface area contributed by atoms with E-state index in [2.05, 4.69) is 19.9 Å². The molecule has 4 rings (SSSR count). The van der Waals surface area contributed by atoms with E-state index in [0.29, 0.717) is 11.8 Å². The van der Waals surface area contributed by atoms with Gasteiger partial charge in [-0.15, -0.1) is 0 Å². The zero-order valence-corrected chi connectivity index (χ0v) is 15.7. The molecule has 25 heavy (non-hydrogen) atoms. The summed E-state index contributed by atoms with van der Waals surface area (Å²) in [5.41, 5.74) is 1.10. The van der Waals surface area contributed by atoms with E-state index in [1.165, 1.54) is 19.1 Å². The predicted molar refractivity (Wildman–Crippen MR) is 94.0 cm³/mol. The first-order valence-corrected chi connectivity index (χ1v) is 9.68. The second-order valence-electron chi connectivity index (χ2n) is 8.94. The van der Waals surface area contributed by atoms with E-state index < -0.39 is 0 Å². The lowest BCUT2D eigenvalue weighted by atomic mass is 9.45. The predicted octanol–water partition coefficient (Wildman–Crippen LogP) is 4.38. The standard InChI is InChI=1S/C21H30O4/c1-19-9-4-10-20(2,18(22)23-3)16(19)7-11-21(14-25-21)17(19)6-5-15-8-12-24-13-15/h8,12-13,16-17H,4-7,9-11,14H2,1-3H3/t16-,17-,19+,20-,21-/m0/s1. The summed E-state index contributed by atoms with van der Waals surface area (Å²) in [6.45, 7) is 5.45.